The molecule has 1 saturated heterocycles. The molecule has 0 aromatic heterocycles. The predicted octanol–water partition coefficient (Wildman–Crippen LogP) is 3.01. The molecule has 0 aliphatic carbocycles. The minimum atomic E-state index is -0.0793. The number of halogens is 2. The van der Waals surface area contributed by atoms with Crippen LogP contribution in [0.1, 0.15) is 13.8 Å². The number of carbonyl (C=O) groups excluding carboxylic acids is 1. The first kappa shape index (κ1) is 15.4. The molecule has 1 aromatic carbocycles. The standard InChI is InChI=1S/C14H17Cl2NO3/c1-9-6-19-7-10(2)17(9)14(18)8-20-13-5-11(15)3-4-12(13)16/h3-5,9-10H,6-8H2,1-2H3. The highest BCUT2D eigenvalue weighted by atomic mass is 35.5. The second-order valence-corrected chi connectivity index (χ2v) is 5.74. The molecule has 0 radical (unpaired) electrons. The largest absolute Gasteiger partial charge is 0.482 e. The van der Waals surface area contributed by atoms with Gasteiger partial charge in [0.25, 0.3) is 5.91 Å². The molecule has 2 atom stereocenters. The molecule has 1 aliphatic heterocycles. The van der Waals surface area contributed by atoms with Crippen LogP contribution in [0.2, 0.25) is 10.0 Å². The van der Waals surface area contributed by atoms with Crippen LogP contribution in [0.25, 0.3) is 0 Å². The van der Waals surface area contributed by atoms with Crippen molar-refractivity contribution < 1.29 is 14.3 Å². The van der Waals surface area contributed by atoms with Crippen LogP contribution in [0.4, 0.5) is 0 Å². The zero-order chi connectivity index (χ0) is 14.7. The highest BCUT2D eigenvalue weighted by Crippen LogP contribution is 2.27. The number of hydrogen-bond donors (Lipinski definition) is 0. The van der Waals surface area contributed by atoms with E-state index < -0.39 is 0 Å². The monoisotopic (exact) mass is 317 g/mol. The van der Waals surface area contributed by atoms with Crippen LogP contribution in [0.5, 0.6) is 5.75 Å². The van der Waals surface area contributed by atoms with E-state index in [1.165, 1.54) is 0 Å². The van der Waals surface area contributed by atoms with E-state index in [-0.39, 0.29) is 24.6 Å². The first-order valence-electron chi connectivity index (χ1n) is 6.46. The number of carbonyl (C=O) groups is 1. The SMILES string of the molecule is CC1COCC(C)N1C(=O)COc1cc(Cl)ccc1Cl. The molecule has 2 rings (SSSR count). The summed E-state index contributed by atoms with van der Waals surface area (Å²) in [5.74, 6) is 0.338. The first-order valence-corrected chi connectivity index (χ1v) is 7.21. The number of nitrogens with zero attached hydrogens (tertiary/aromatic N) is 1. The maximum atomic E-state index is 12.3. The third kappa shape index (κ3) is 3.57. The molecule has 2 unspecified atom stereocenters. The molecule has 1 aliphatic rings. The van der Waals surface area contributed by atoms with E-state index in [9.17, 15) is 4.79 Å². The summed E-state index contributed by atoms with van der Waals surface area (Å²) in [6, 6.07) is 5.01. The third-order valence-corrected chi connectivity index (χ3v) is 3.75. The van der Waals surface area contributed by atoms with Gasteiger partial charge in [-0.15, -0.1) is 0 Å². The summed E-state index contributed by atoms with van der Waals surface area (Å²) in [6.45, 7) is 4.95. The Balaban J connectivity index is 1.99. The lowest BCUT2D eigenvalue weighted by atomic mass is 10.2. The van der Waals surface area contributed by atoms with Gasteiger partial charge in [0.1, 0.15) is 5.75 Å². The molecule has 20 heavy (non-hydrogen) atoms. The molecular weight excluding hydrogens is 301 g/mol. The van der Waals surface area contributed by atoms with Crippen molar-refractivity contribution in [1.82, 2.24) is 4.90 Å². The average molecular weight is 318 g/mol. The van der Waals surface area contributed by atoms with E-state index in [0.29, 0.717) is 29.0 Å². The van der Waals surface area contributed by atoms with Gasteiger partial charge in [0.15, 0.2) is 6.61 Å². The highest BCUT2D eigenvalue weighted by Gasteiger charge is 2.29. The minimum absolute atomic E-state index is 0.0460. The molecular formula is C14H17Cl2NO3. The molecule has 1 aromatic rings. The second-order valence-electron chi connectivity index (χ2n) is 4.90. The maximum absolute atomic E-state index is 12.3. The lowest BCUT2D eigenvalue weighted by molar-refractivity contribution is -0.146. The van der Waals surface area contributed by atoms with E-state index in [2.05, 4.69) is 0 Å². The molecule has 0 saturated carbocycles. The molecule has 1 amide bonds. The van der Waals surface area contributed by atoms with Gasteiger partial charge < -0.3 is 14.4 Å². The van der Waals surface area contributed by atoms with E-state index in [1.807, 2.05) is 13.8 Å². The Morgan fingerprint density at radius 1 is 1.35 bits per heavy atom. The van der Waals surface area contributed by atoms with E-state index in [0.717, 1.165) is 0 Å². The summed E-state index contributed by atoms with van der Waals surface area (Å²) in [7, 11) is 0. The van der Waals surface area contributed by atoms with Crippen LogP contribution >= 0.6 is 23.2 Å². The van der Waals surface area contributed by atoms with E-state index in [4.69, 9.17) is 32.7 Å². The van der Waals surface area contributed by atoms with Gasteiger partial charge in [-0.05, 0) is 26.0 Å². The van der Waals surface area contributed by atoms with Gasteiger partial charge in [-0.2, -0.15) is 0 Å². The van der Waals surface area contributed by atoms with Gasteiger partial charge in [-0.25, -0.2) is 0 Å². The minimum Gasteiger partial charge on any atom is -0.482 e. The second kappa shape index (κ2) is 6.66. The Morgan fingerprint density at radius 3 is 2.65 bits per heavy atom. The van der Waals surface area contributed by atoms with Crippen LogP contribution in [0.15, 0.2) is 18.2 Å². The van der Waals surface area contributed by atoms with Gasteiger partial charge in [0.2, 0.25) is 0 Å². The van der Waals surface area contributed by atoms with Crippen molar-refractivity contribution in [1.29, 1.82) is 0 Å². The molecule has 110 valence electrons. The highest BCUT2D eigenvalue weighted by molar-refractivity contribution is 6.34. The van der Waals surface area contributed by atoms with Crippen molar-refractivity contribution in [3.8, 4) is 5.75 Å². The number of ether oxygens (including phenoxy) is 2. The molecule has 0 spiro atoms. The fourth-order valence-electron chi connectivity index (χ4n) is 2.30. The summed E-state index contributed by atoms with van der Waals surface area (Å²) in [4.78, 5) is 14.1. The van der Waals surface area contributed by atoms with Crippen molar-refractivity contribution in [2.45, 2.75) is 25.9 Å². The lowest BCUT2D eigenvalue weighted by Crippen LogP contribution is -2.53. The van der Waals surface area contributed by atoms with Gasteiger partial charge in [-0.3, -0.25) is 4.79 Å². The van der Waals surface area contributed by atoms with Gasteiger partial charge in [0, 0.05) is 11.1 Å². The molecule has 4 nitrogen and oxygen atoms in total. The zero-order valence-corrected chi connectivity index (χ0v) is 12.9. The van der Waals surface area contributed by atoms with Crippen LogP contribution in [-0.4, -0.2) is 42.7 Å². The van der Waals surface area contributed by atoms with Crippen LogP contribution in [-0.2, 0) is 9.53 Å². The maximum Gasteiger partial charge on any atom is 0.261 e. The van der Waals surface area contributed by atoms with Crippen molar-refractivity contribution in [2.24, 2.45) is 0 Å². The Morgan fingerprint density at radius 2 is 2.00 bits per heavy atom. The smallest absolute Gasteiger partial charge is 0.261 e. The number of morpholine rings is 1. The van der Waals surface area contributed by atoms with Gasteiger partial charge >= 0.3 is 0 Å². The topological polar surface area (TPSA) is 38.8 Å². The molecule has 0 bridgehead atoms. The molecule has 1 heterocycles. The fourth-order valence-corrected chi connectivity index (χ4v) is 2.63. The van der Waals surface area contributed by atoms with E-state index >= 15 is 0 Å². The molecule has 0 N–H and O–H groups in total. The molecule has 6 heteroatoms. The number of amides is 1. The number of hydrogen-bond acceptors (Lipinski definition) is 3. The summed E-state index contributed by atoms with van der Waals surface area (Å²) in [6.07, 6.45) is 0. The first-order chi connectivity index (χ1) is 9.49. The van der Waals surface area contributed by atoms with Gasteiger partial charge in [0.05, 0.1) is 30.3 Å². The Bertz CT molecular complexity index is 485. The van der Waals surface area contributed by atoms with Crippen molar-refractivity contribution in [3.05, 3.63) is 28.2 Å². The van der Waals surface area contributed by atoms with Crippen molar-refractivity contribution in [3.63, 3.8) is 0 Å². The van der Waals surface area contributed by atoms with Crippen molar-refractivity contribution >= 4 is 29.1 Å². The number of benzene rings is 1. The Kier molecular flexibility index (Phi) is 5.13. The number of rotatable bonds is 3. The Labute approximate surface area is 128 Å². The van der Waals surface area contributed by atoms with Crippen LogP contribution < -0.4 is 4.74 Å². The fraction of sp³-hybridized carbons (Fsp3) is 0.500. The summed E-state index contributed by atoms with van der Waals surface area (Å²) < 4.78 is 10.9. The predicted molar refractivity (Wildman–Crippen MR) is 78.5 cm³/mol. The Hall–Kier alpha value is -0.970. The lowest BCUT2D eigenvalue weighted by Gasteiger charge is -2.38. The van der Waals surface area contributed by atoms with Crippen molar-refractivity contribution in [2.75, 3.05) is 19.8 Å². The van der Waals surface area contributed by atoms with Gasteiger partial charge in [-0.1, -0.05) is 23.2 Å². The van der Waals surface area contributed by atoms with Crippen LogP contribution in [0, 0.1) is 0 Å². The third-order valence-electron chi connectivity index (χ3n) is 3.20. The quantitative estimate of drug-likeness (QED) is 0.860. The normalized spacial score (nSPS) is 22.7. The summed E-state index contributed by atoms with van der Waals surface area (Å²) >= 11 is 11.9. The van der Waals surface area contributed by atoms with Crippen LogP contribution in [0.3, 0.4) is 0 Å². The van der Waals surface area contributed by atoms with E-state index in [1.54, 1.807) is 23.1 Å². The summed E-state index contributed by atoms with van der Waals surface area (Å²) in [5, 5.41) is 0.954. The zero-order valence-electron chi connectivity index (χ0n) is 11.4. The summed E-state index contributed by atoms with van der Waals surface area (Å²) in [5.41, 5.74) is 0. The average Bonchev–Trinajstić information content (AvgIpc) is 2.39. The molecule has 1 fully saturated rings.